The van der Waals surface area contributed by atoms with Crippen LogP contribution in [-0.4, -0.2) is 0 Å². The molecule has 0 spiro atoms. The Kier molecular flexibility index (Phi) is 8.04. The highest BCUT2D eigenvalue weighted by Gasteiger charge is 2.18. The van der Waals surface area contributed by atoms with Crippen LogP contribution in [0.4, 0.5) is 0 Å². The highest BCUT2D eigenvalue weighted by Crippen LogP contribution is 2.46. The Labute approximate surface area is 299 Å². The first-order valence-electron chi connectivity index (χ1n) is 17.7. The molecule has 0 saturated heterocycles. The predicted molar refractivity (Wildman–Crippen MR) is 220 cm³/mol. The minimum atomic E-state index is 0.852. The molecular formula is C51H36. The molecule has 0 aliphatic rings. The van der Waals surface area contributed by atoms with Crippen LogP contribution in [0.25, 0.3) is 82.9 Å². The molecule has 9 aromatic rings. The van der Waals surface area contributed by atoms with Crippen LogP contribution in [0.3, 0.4) is 0 Å². The molecule has 240 valence electrons. The quantitative estimate of drug-likeness (QED) is 0.119. The first kappa shape index (κ1) is 30.6. The molecule has 0 saturated carbocycles. The third-order valence-corrected chi connectivity index (χ3v) is 10.1. The third-order valence-electron chi connectivity index (χ3n) is 10.1. The average molecular weight is 649 g/mol. The van der Waals surface area contributed by atoms with E-state index in [1.54, 1.807) is 0 Å². The average Bonchev–Trinajstić information content (AvgIpc) is 3.21. The van der Waals surface area contributed by atoms with Crippen LogP contribution in [0.2, 0.25) is 0 Å². The van der Waals surface area contributed by atoms with E-state index >= 15 is 0 Å². The van der Waals surface area contributed by atoms with Crippen LogP contribution in [0.15, 0.2) is 200 Å². The van der Waals surface area contributed by atoms with Crippen LogP contribution in [-0.2, 0) is 6.42 Å². The summed E-state index contributed by atoms with van der Waals surface area (Å²) in [4.78, 5) is 0. The van der Waals surface area contributed by atoms with E-state index in [0.717, 1.165) is 6.42 Å². The van der Waals surface area contributed by atoms with Gasteiger partial charge in [0.2, 0.25) is 0 Å². The van der Waals surface area contributed by atoms with Crippen molar-refractivity contribution in [3.8, 4) is 44.5 Å². The Bertz CT molecular complexity index is 2670. The largest absolute Gasteiger partial charge is 0.0795 e. The van der Waals surface area contributed by atoms with Gasteiger partial charge < -0.3 is 0 Å². The van der Waals surface area contributed by atoms with Crippen molar-refractivity contribution < 1.29 is 0 Å². The zero-order valence-electron chi connectivity index (χ0n) is 28.3. The molecule has 0 fully saturated rings. The molecule has 0 nitrogen and oxygen atoms in total. The second kappa shape index (κ2) is 13.4. The van der Waals surface area contributed by atoms with Gasteiger partial charge in [-0.1, -0.05) is 200 Å². The summed E-state index contributed by atoms with van der Waals surface area (Å²) < 4.78 is 0. The van der Waals surface area contributed by atoms with E-state index in [1.165, 1.54) is 88.0 Å². The number of hydrogen-bond acceptors (Lipinski definition) is 0. The lowest BCUT2D eigenvalue weighted by Crippen LogP contribution is -1.92. The summed E-state index contributed by atoms with van der Waals surface area (Å²) in [7, 11) is 0. The molecule has 0 atom stereocenters. The molecule has 0 radical (unpaired) electrons. The SMILES string of the molecule is C(=C\c1ccc(-c2c3ccccc3c(-c3ccccc3)c3c2ccc2ccccc23)cc1)/Cc1ccc(-c2ccccc2)cc1-c1ccccc1. The first-order chi connectivity index (χ1) is 25.3. The molecular weight excluding hydrogens is 613 g/mol. The van der Waals surface area contributed by atoms with Gasteiger partial charge in [-0.25, -0.2) is 0 Å². The highest BCUT2D eigenvalue weighted by molar-refractivity contribution is 6.27. The zero-order chi connectivity index (χ0) is 34.0. The van der Waals surface area contributed by atoms with Crippen molar-refractivity contribution in [2.24, 2.45) is 0 Å². The minimum absolute atomic E-state index is 0.852. The number of hydrogen-bond donors (Lipinski definition) is 0. The third kappa shape index (κ3) is 5.82. The summed E-state index contributed by atoms with van der Waals surface area (Å²) >= 11 is 0. The summed E-state index contributed by atoms with van der Waals surface area (Å²) in [6.07, 6.45) is 5.40. The molecule has 0 aromatic heterocycles. The summed E-state index contributed by atoms with van der Waals surface area (Å²) in [5.74, 6) is 0. The van der Waals surface area contributed by atoms with Crippen LogP contribution in [0.1, 0.15) is 11.1 Å². The summed E-state index contributed by atoms with van der Waals surface area (Å²) in [5.41, 5.74) is 12.6. The van der Waals surface area contributed by atoms with Gasteiger partial charge in [-0.05, 0) is 100 Å². The summed E-state index contributed by atoms with van der Waals surface area (Å²) in [5, 5.41) is 7.68. The second-order valence-corrected chi connectivity index (χ2v) is 13.2. The van der Waals surface area contributed by atoms with E-state index in [-0.39, 0.29) is 0 Å². The molecule has 0 aliphatic heterocycles. The van der Waals surface area contributed by atoms with E-state index in [9.17, 15) is 0 Å². The molecule has 0 heterocycles. The lowest BCUT2D eigenvalue weighted by Gasteiger charge is -2.19. The van der Waals surface area contributed by atoms with Gasteiger partial charge in [0.15, 0.2) is 0 Å². The number of benzene rings is 9. The van der Waals surface area contributed by atoms with E-state index in [0.29, 0.717) is 0 Å². The van der Waals surface area contributed by atoms with Crippen molar-refractivity contribution >= 4 is 38.4 Å². The molecule has 9 aromatic carbocycles. The molecule has 0 heteroatoms. The maximum absolute atomic E-state index is 2.34. The van der Waals surface area contributed by atoms with Gasteiger partial charge >= 0.3 is 0 Å². The number of allylic oxidation sites excluding steroid dienone is 1. The predicted octanol–water partition coefficient (Wildman–Crippen LogP) is 14.1. The Morgan fingerprint density at radius 3 is 1.61 bits per heavy atom. The van der Waals surface area contributed by atoms with Crippen molar-refractivity contribution in [3.05, 3.63) is 211 Å². The molecule has 0 aliphatic carbocycles. The van der Waals surface area contributed by atoms with Crippen molar-refractivity contribution in [1.82, 2.24) is 0 Å². The van der Waals surface area contributed by atoms with Crippen LogP contribution >= 0.6 is 0 Å². The fourth-order valence-corrected chi connectivity index (χ4v) is 7.70. The van der Waals surface area contributed by atoms with Crippen molar-refractivity contribution in [2.45, 2.75) is 6.42 Å². The van der Waals surface area contributed by atoms with Gasteiger partial charge in [-0.3, -0.25) is 0 Å². The zero-order valence-corrected chi connectivity index (χ0v) is 28.3. The van der Waals surface area contributed by atoms with Gasteiger partial charge in [0.05, 0.1) is 0 Å². The first-order valence-corrected chi connectivity index (χ1v) is 17.7. The van der Waals surface area contributed by atoms with Gasteiger partial charge in [-0.2, -0.15) is 0 Å². The van der Waals surface area contributed by atoms with Crippen LogP contribution in [0.5, 0.6) is 0 Å². The van der Waals surface area contributed by atoms with Crippen molar-refractivity contribution in [1.29, 1.82) is 0 Å². The molecule has 9 rings (SSSR count). The number of fused-ring (bicyclic) bond motifs is 4. The van der Waals surface area contributed by atoms with Crippen LogP contribution in [0, 0.1) is 0 Å². The Balaban J connectivity index is 1.10. The Hall–Kier alpha value is -6.50. The minimum Gasteiger partial charge on any atom is -0.0795 e. The molecule has 0 bridgehead atoms. The van der Waals surface area contributed by atoms with E-state index in [1.807, 2.05) is 0 Å². The molecule has 0 N–H and O–H groups in total. The Morgan fingerprint density at radius 1 is 0.353 bits per heavy atom. The topological polar surface area (TPSA) is 0 Å². The van der Waals surface area contributed by atoms with Gasteiger partial charge in [0.25, 0.3) is 0 Å². The number of rotatable bonds is 7. The smallest absolute Gasteiger partial charge is 0.00141 e. The van der Waals surface area contributed by atoms with E-state index in [2.05, 4.69) is 206 Å². The molecule has 51 heavy (non-hydrogen) atoms. The monoisotopic (exact) mass is 648 g/mol. The van der Waals surface area contributed by atoms with Crippen molar-refractivity contribution in [3.63, 3.8) is 0 Å². The standard InChI is InChI=1S/C51H36/c1-4-16-37(17-5-1)43-32-31-40(48(35-43)38-18-6-2-7-19-38)23-14-15-36-27-29-42(30-28-36)49-45-25-12-13-26-46(45)50(41-21-8-3-9-22-41)51-44-24-11-10-20-39(44)33-34-47(49)51/h1-22,24-35H,23H2/b15-14+. The molecule has 0 amide bonds. The van der Waals surface area contributed by atoms with E-state index in [4.69, 9.17) is 0 Å². The summed E-state index contributed by atoms with van der Waals surface area (Å²) in [6, 6.07) is 70.5. The highest BCUT2D eigenvalue weighted by atomic mass is 14.2. The second-order valence-electron chi connectivity index (χ2n) is 13.2. The fourth-order valence-electron chi connectivity index (χ4n) is 7.70. The lowest BCUT2D eigenvalue weighted by atomic mass is 9.84. The van der Waals surface area contributed by atoms with Crippen LogP contribution < -0.4 is 0 Å². The maximum Gasteiger partial charge on any atom is -0.00141 e. The normalized spacial score (nSPS) is 11.5. The van der Waals surface area contributed by atoms with Crippen molar-refractivity contribution in [2.75, 3.05) is 0 Å². The van der Waals surface area contributed by atoms with Gasteiger partial charge in [0, 0.05) is 0 Å². The Morgan fingerprint density at radius 2 is 0.902 bits per heavy atom. The van der Waals surface area contributed by atoms with Gasteiger partial charge in [-0.15, -0.1) is 0 Å². The lowest BCUT2D eigenvalue weighted by molar-refractivity contribution is 1.28. The molecule has 0 unspecified atom stereocenters. The maximum atomic E-state index is 2.34. The van der Waals surface area contributed by atoms with Gasteiger partial charge in [0.1, 0.15) is 0 Å². The summed E-state index contributed by atoms with van der Waals surface area (Å²) in [6.45, 7) is 0. The van der Waals surface area contributed by atoms with E-state index < -0.39 is 0 Å². The fraction of sp³-hybridized carbons (Fsp3) is 0.0196.